The maximum absolute atomic E-state index is 13.4. The Kier molecular flexibility index (Phi) is 6.18. The van der Waals surface area contributed by atoms with Gasteiger partial charge in [-0.15, -0.1) is 0 Å². The first kappa shape index (κ1) is 22.0. The van der Waals surface area contributed by atoms with Gasteiger partial charge in [0.2, 0.25) is 12.7 Å². The minimum atomic E-state index is -0.146. The molecule has 0 unspecified atom stereocenters. The number of hydrogen-bond donors (Lipinski definition) is 0. The number of hydrogen-bond acceptors (Lipinski definition) is 8. The fraction of sp³-hybridized carbons (Fsp3) is 0.320. The Morgan fingerprint density at radius 1 is 1.00 bits per heavy atom. The van der Waals surface area contributed by atoms with Gasteiger partial charge >= 0.3 is 0 Å². The summed E-state index contributed by atoms with van der Waals surface area (Å²) < 4.78 is 22.2. The average molecular weight is 463 g/mol. The Labute approximate surface area is 197 Å². The first-order valence-corrected chi connectivity index (χ1v) is 11.2. The van der Waals surface area contributed by atoms with E-state index in [0.29, 0.717) is 41.7 Å². The number of carbonyl (C=O) groups excluding carboxylic acids is 1. The Bertz CT molecular complexity index is 1180. The number of nitrogens with zero attached hydrogens (tertiary/aromatic N) is 4. The van der Waals surface area contributed by atoms with E-state index >= 15 is 0 Å². The fourth-order valence-corrected chi connectivity index (χ4v) is 3.96. The van der Waals surface area contributed by atoms with Gasteiger partial charge in [-0.1, -0.05) is 6.92 Å². The van der Waals surface area contributed by atoms with Gasteiger partial charge in [0.1, 0.15) is 17.1 Å². The van der Waals surface area contributed by atoms with Gasteiger partial charge in [0, 0.05) is 44.0 Å². The van der Waals surface area contributed by atoms with Gasteiger partial charge in [-0.2, -0.15) is 4.98 Å². The van der Waals surface area contributed by atoms with Gasteiger partial charge in [-0.3, -0.25) is 4.79 Å². The standard InChI is InChI=1S/C25H26N4O5/c1-3-28-10-12-29(13-11-28)25(30)20-15-26-23(17-4-6-18(31-2)7-5-17)27-24(20)34-19-8-9-21-22(14-19)33-16-32-21/h4-9,14-15H,3,10-13,16H2,1-2H3. The molecule has 9 nitrogen and oxygen atoms in total. The molecule has 2 aliphatic rings. The Balaban J connectivity index is 1.47. The van der Waals surface area contributed by atoms with Gasteiger partial charge in [-0.25, -0.2) is 4.98 Å². The molecule has 3 aromatic rings. The van der Waals surface area contributed by atoms with Crippen LogP contribution in [0.15, 0.2) is 48.7 Å². The number of aromatic nitrogens is 2. The third kappa shape index (κ3) is 4.47. The van der Waals surface area contributed by atoms with Crippen LogP contribution in [0.3, 0.4) is 0 Å². The van der Waals surface area contributed by atoms with Crippen molar-refractivity contribution in [3.8, 4) is 40.3 Å². The van der Waals surface area contributed by atoms with E-state index in [4.69, 9.17) is 18.9 Å². The number of carbonyl (C=O) groups is 1. The predicted octanol–water partition coefficient (Wildman–Crippen LogP) is 3.45. The van der Waals surface area contributed by atoms with Gasteiger partial charge in [-0.05, 0) is 42.9 Å². The van der Waals surface area contributed by atoms with Crippen molar-refractivity contribution in [3.63, 3.8) is 0 Å². The van der Waals surface area contributed by atoms with Gasteiger partial charge < -0.3 is 28.7 Å². The quantitative estimate of drug-likeness (QED) is 0.551. The Morgan fingerprint density at radius 2 is 1.74 bits per heavy atom. The highest BCUT2D eigenvalue weighted by molar-refractivity contribution is 5.96. The highest BCUT2D eigenvalue weighted by Crippen LogP contribution is 2.37. The molecule has 2 aliphatic heterocycles. The zero-order valence-electron chi connectivity index (χ0n) is 19.2. The molecule has 176 valence electrons. The molecular weight excluding hydrogens is 436 g/mol. The topological polar surface area (TPSA) is 86.3 Å². The third-order valence-electron chi connectivity index (χ3n) is 6.00. The molecule has 3 heterocycles. The van der Waals surface area contributed by atoms with Crippen LogP contribution < -0.4 is 18.9 Å². The van der Waals surface area contributed by atoms with E-state index in [1.54, 1.807) is 31.5 Å². The van der Waals surface area contributed by atoms with Crippen molar-refractivity contribution in [2.45, 2.75) is 6.92 Å². The number of amides is 1. The molecule has 0 bridgehead atoms. The predicted molar refractivity (Wildman–Crippen MR) is 125 cm³/mol. The molecule has 0 radical (unpaired) electrons. The number of methoxy groups -OCH3 is 1. The minimum Gasteiger partial charge on any atom is -0.497 e. The lowest BCUT2D eigenvalue weighted by atomic mass is 10.2. The van der Waals surface area contributed by atoms with Crippen LogP contribution in [0.25, 0.3) is 11.4 Å². The molecule has 34 heavy (non-hydrogen) atoms. The van der Waals surface area contributed by atoms with Crippen LogP contribution in [-0.2, 0) is 0 Å². The molecule has 9 heteroatoms. The highest BCUT2D eigenvalue weighted by atomic mass is 16.7. The van der Waals surface area contributed by atoms with Gasteiger partial charge in [0.25, 0.3) is 5.91 Å². The largest absolute Gasteiger partial charge is 0.497 e. The molecule has 0 N–H and O–H groups in total. The molecule has 0 atom stereocenters. The fourth-order valence-electron chi connectivity index (χ4n) is 3.96. The second-order valence-corrected chi connectivity index (χ2v) is 7.98. The lowest BCUT2D eigenvalue weighted by molar-refractivity contribution is 0.0639. The molecule has 2 aromatic carbocycles. The maximum Gasteiger partial charge on any atom is 0.261 e. The summed E-state index contributed by atoms with van der Waals surface area (Å²) in [5.41, 5.74) is 1.10. The Morgan fingerprint density at radius 3 is 2.47 bits per heavy atom. The second kappa shape index (κ2) is 9.56. The van der Waals surface area contributed by atoms with E-state index in [-0.39, 0.29) is 18.6 Å². The SMILES string of the molecule is CCN1CCN(C(=O)c2cnc(-c3ccc(OC)cc3)nc2Oc2ccc3c(c2)OCO3)CC1. The number of benzene rings is 2. The number of fused-ring (bicyclic) bond motifs is 1. The van der Waals surface area contributed by atoms with Crippen LogP contribution in [0.5, 0.6) is 28.9 Å². The van der Waals surface area contributed by atoms with E-state index in [0.717, 1.165) is 30.9 Å². The zero-order chi connectivity index (χ0) is 23.5. The average Bonchev–Trinajstić information content (AvgIpc) is 3.36. The van der Waals surface area contributed by atoms with Crippen molar-refractivity contribution >= 4 is 5.91 Å². The van der Waals surface area contributed by atoms with E-state index in [9.17, 15) is 4.79 Å². The monoisotopic (exact) mass is 462 g/mol. The van der Waals surface area contributed by atoms with Crippen molar-refractivity contribution in [2.24, 2.45) is 0 Å². The van der Waals surface area contributed by atoms with Crippen molar-refractivity contribution in [1.82, 2.24) is 19.8 Å². The summed E-state index contributed by atoms with van der Waals surface area (Å²) in [4.78, 5) is 26.7. The summed E-state index contributed by atoms with van der Waals surface area (Å²) in [5.74, 6) is 2.97. The van der Waals surface area contributed by atoms with E-state index < -0.39 is 0 Å². The van der Waals surface area contributed by atoms with Gasteiger partial charge in [0.05, 0.1) is 7.11 Å². The summed E-state index contributed by atoms with van der Waals surface area (Å²) in [6.45, 7) is 6.24. The van der Waals surface area contributed by atoms with Crippen molar-refractivity contribution in [1.29, 1.82) is 0 Å². The van der Waals surface area contributed by atoms with Crippen LogP contribution in [0.4, 0.5) is 0 Å². The van der Waals surface area contributed by atoms with Crippen molar-refractivity contribution < 1.29 is 23.7 Å². The van der Waals surface area contributed by atoms with Gasteiger partial charge in [0.15, 0.2) is 17.3 Å². The second-order valence-electron chi connectivity index (χ2n) is 7.98. The molecular formula is C25H26N4O5. The highest BCUT2D eigenvalue weighted by Gasteiger charge is 2.26. The molecule has 0 aliphatic carbocycles. The Hall–Kier alpha value is -3.85. The molecule has 0 saturated carbocycles. The summed E-state index contributed by atoms with van der Waals surface area (Å²) >= 11 is 0. The summed E-state index contributed by atoms with van der Waals surface area (Å²) in [5, 5.41) is 0. The van der Waals surface area contributed by atoms with Crippen LogP contribution in [0.2, 0.25) is 0 Å². The van der Waals surface area contributed by atoms with E-state index in [1.165, 1.54) is 0 Å². The number of rotatable bonds is 6. The molecule has 1 fully saturated rings. The van der Waals surface area contributed by atoms with E-state index in [1.807, 2.05) is 29.2 Å². The van der Waals surface area contributed by atoms with Crippen LogP contribution in [0, 0.1) is 0 Å². The minimum absolute atomic E-state index is 0.146. The number of piperazine rings is 1. The molecule has 0 spiro atoms. The molecule has 1 aromatic heterocycles. The first-order valence-electron chi connectivity index (χ1n) is 11.2. The maximum atomic E-state index is 13.4. The molecule has 1 amide bonds. The smallest absolute Gasteiger partial charge is 0.261 e. The van der Waals surface area contributed by atoms with E-state index in [2.05, 4.69) is 21.8 Å². The summed E-state index contributed by atoms with van der Waals surface area (Å²) in [7, 11) is 1.61. The van der Waals surface area contributed by atoms with Crippen LogP contribution >= 0.6 is 0 Å². The van der Waals surface area contributed by atoms with Crippen LogP contribution in [-0.4, -0.2) is 72.3 Å². The summed E-state index contributed by atoms with van der Waals surface area (Å²) in [6.07, 6.45) is 1.55. The first-order chi connectivity index (χ1) is 16.6. The molecule has 5 rings (SSSR count). The van der Waals surface area contributed by atoms with Crippen LogP contribution in [0.1, 0.15) is 17.3 Å². The normalized spacial score (nSPS) is 15.3. The lowest BCUT2D eigenvalue weighted by Gasteiger charge is -2.34. The van der Waals surface area contributed by atoms with Crippen molar-refractivity contribution in [3.05, 3.63) is 54.2 Å². The zero-order valence-corrected chi connectivity index (χ0v) is 19.2. The van der Waals surface area contributed by atoms with Crippen molar-refractivity contribution in [2.75, 3.05) is 46.6 Å². The third-order valence-corrected chi connectivity index (χ3v) is 6.00. The number of likely N-dealkylation sites (N-methyl/N-ethyl adjacent to an activating group) is 1. The molecule has 1 saturated heterocycles. The summed E-state index contributed by atoms with van der Waals surface area (Å²) in [6, 6.07) is 12.7. The number of ether oxygens (including phenoxy) is 4. The lowest BCUT2D eigenvalue weighted by Crippen LogP contribution is -2.48.